The summed E-state index contributed by atoms with van der Waals surface area (Å²) < 4.78 is 5.82. The standard InChI is InChI=1S/C16H19N3O/c1-2-8-17-16-10-15(18-11-19-16)12-4-3-5-14(9-12)20-13-6-7-13/h3-5,9-11,13H,2,6-8H2,1H3,(H,17,18,19). The van der Waals surface area contributed by atoms with Crippen LogP contribution in [0.4, 0.5) is 5.82 Å². The van der Waals surface area contributed by atoms with Gasteiger partial charge < -0.3 is 10.1 Å². The summed E-state index contributed by atoms with van der Waals surface area (Å²) in [6.07, 6.45) is 5.43. The molecule has 0 spiro atoms. The van der Waals surface area contributed by atoms with Gasteiger partial charge in [-0.2, -0.15) is 0 Å². The Morgan fingerprint density at radius 2 is 2.15 bits per heavy atom. The number of rotatable bonds is 6. The van der Waals surface area contributed by atoms with Crippen LogP contribution in [0.2, 0.25) is 0 Å². The number of nitrogens with zero attached hydrogens (tertiary/aromatic N) is 2. The van der Waals surface area contributed by atoms with Gasteiger partial charge in [-0.05, 0) is 31.4 Å². The number of ether oxygens (including phenoxy) is 1. The van der Waals surface area contributed by atoms with Crippen molar-refractivity contribution in [3.8, 4) is 17.0 Å². The Morgan fingerprint density at radius 1 is 1.25 bits per heavy atom. The second-order valence-electron chi connectivity index (χ2n) is 5.06. The Labute approximate surface area is 119 Å². The highest BCUT2D eigenvalue weighted by Gasteiger charge is 2.23. The monoisotopic (exact) mass is 269 g/mol. The van der Waals surface area contributed by atoms with E-state index in [1.807, 2.05) is 30.3 Å². The van der Waals surface area contributed by atoms with E-state index in [9.17, 15) is 0 Å². The maximum Gasteiger partial charge on any atom is 0.129 e. The quantitative estimate of drug-likeness (QED) is 0.871. The molecular formula is C16H19N3O. The Bertz CT molecular complexity index is 581. The second kappa shape index (κ2) is 5.90. The number of hydrogen-bond acceptors (Lipinski definition) is 4. The average Bonchev–Trinajstić information content (AvgIpc) is 3.30. The Kier molecular flexibility index (Phi) is 3.81. The number of benzene rings is 1. The Morgan fingerprint density at radius 3 is 2.95 bits per heavy atom. The molecule has 1 aliphatic rings. The van der Waals surface area contributed by atoms with Crippen molar-refractivity contribution in [2.24, 2.45) is 0 Å². The van der Waals surface area contributed by atoms with Crippen LogP contribution in [0.5, 0.6) is 5.75 Å². The Hall–Kier alpha value is -2.10. The summed E-state index contributed by atoms with van der Waals surface area (Å²) in [6, 6.07) is 10.1. The summed E-state index contributed by atoms with van der Waals surface area (Å²) in [6.45, 7) is 3.05. The van der Waals surface area contributed by atoms with Crippen molar-refractivity contribution in [2.75, 3.05) is 11.9 Å². The predicted molar refractivity (Wildman–Crippen MR) is 79.9 cm³/mol. The molecule has 0 aliphatic heterocycles. The van der Waals surface area contributed by atoms with Crippen molar-refractivity contribution in [3.05, 3.63) is 36.7 Å². The molecule has 0 bridgehead atoms. The van der Waals surface area contributed by atoms with E-state index in [1.165, 1.54) is 12.8 Å². The lowest BCUT2D eigenvalue weighted by Gasteiger charge is -2.08. The molecule has 1 saturated carbocycles. The molecule has 0 saturated heterocycles. The third-order valence-corrected chi connectivity index (χ3v) is 3.18. The van der Waals surface area contributed by atoms with Crippen LogP contribution in [0.3, 0.4) is 0 Å². The van der Waals surface area contributed by atoms with E-state index in [0.717, 1.165) is 35.8 Å². The van der Waals surface area contributed by atoms with Crippen molar-refractivity contribution in [2.45, 2.75) is 32.3 Å². The third kappa shape index (κ3) is 3.26. The zero-order valence-corrected chi connectivity index (χ0v) is 11.7. The highest BCUT2D eigenvalue weighted by Crippen LogP contribution is 2.29. The van der Waals surface area contributed by atoms with Gasteiger partial charge in [-0.25, -0.2) is 9.97 Å². The highest BCUT2D eigenvalue weighted by atomic mass is 16.5. The maximum absolute atomic E-state index is 5.82. The summed E-state index contributed by atoms with van der Waals surface area (Å²) in [5.41, 5.74) is 1.98. The average molecular weight is 269 g/mol. The smallest absolute Gasteiger partial charge is 0.129 e. The Balaban J connectivity index is 1.80. The van der Waals surface area contributed by atoms with Crippen molar-refractivity contribution < 1.29 is 4.74 Å². The fourth-order valence-corrected chi connectivity index (χ4v) is 1.97. The number of anilines is 1. The first kappa shape index (κ1) is 12.9. The molecule has 0 radical (unpaired) electrons. The molecule has 0 unspecified atom stereocenters. The molecule has 1 N–H and O–H groups in total. The van der Waals surface area contributed by atoms with Gasteiger partial charge in [0.05, 0.1) is 11.8 Å². The first-order valence-corrected chi connectivity index (χ1v) is 7.18. The van der Waals surface area contributed by atoms with Gasteiger partial charge in [0.15, 0.2) is 0 Å². The topological polar surface area (TPSA) is 47.0 Å². The second-order valence-corrected chi connectivity index (χ2v) is 5.06. The summed E-state index contributed by atoms with van der Waals surface area (Å²) in [4.78, 5) is 8.58. The normalized spacial score (nSPS) is 14.1. The van der Waals surface area contributed by atoms with Gasteiger partial charge in [-0.1, -0.05) is 19.1 Å². The minimum Gasteiger partial charge on any atom is -0.490 e. The minimum atomic E-state index is 0.414. The lowest BCUT2D eigenvalue weighted by atomic mass is 10.1. The molecule has 1 fully saturated rings. The predicted octanol–water partition coefficient (Wildman–Crippen LogP) is 3.51. The van der Waals surface area contributed by atoms with Crippen LogP contribution >= 0.6 is 0 Å². The van der Waals surface area contributed by atoms with E-state index in [0.29, 0.717) is 6.10 Å². The van der Waals surface area contributed by atoms with Crippen molar-refractivity contribution >= 4 is 5.82 Å². The summed E-state index contributed by atoms with van der Waals surface area (Å²) in [7, 11) is 0. The van der Waals surface area contributed by atoms with Gasteiger partial charge in [0.1, 0.15) is 17.9 Å². The maximum atomic E-state index is 5.82. The lowest BCUT2D eigenvalue weighted by molar-refractivity contribution is 0.303. The van der Waals surface area contributed by atoms with Crippen LogP contribution in [0.25, 0.3) is 11.3 Å². The van der Waals surface area contributed by atoms with Crippen molar-refractivity contribution in [1.82, 2.24) is 9.97 Å². The molecule has 1 aliphatic carbocycles. The third-order valence-electron chi connectivity index (χ3n) is 3.18. The number of hydrogen-bond donors (Lipinski definition) is 1. The van der Waals surface area contributed by atoms with Crippen molar-refractivity contribution in [3.63, 3.8) is 0 Å². The molecule has 1 aromatic carbocycles. The van der Waals surface area contributed by atoms with Crippen LogP contribution in [0.15, 0.2) is 36.7 Å². The van der Waals surface area contributed by atoms with Gasteiger partial charge in [0.2, 0.25) is 0 Å². The zero-order chi connectivity index (χ0) is 13.8. The fraction of sp³-hybridized carbons (Fsp3) is 0.375. The van der Waals surface area contributed by atoms with Crippen LogP contribution in [0.1, 0.15) is 26.2 Å². The fourth-order valence-electron chi connectivity index (χ4n) is 1.97. The summed E-state index contributed by atoms with van der Waals surface area (Å²) in [5, 5.41) is 3.28. The van der Waals surface area contributed by atoms with Crippen LogP contribution in [0, 0.1) is 0 Å². The zero-order valence-electron chi connectivity index (χ0n) is 11.7. The van der Waals surface area contributed by atoms with Gasteiger partial charge >= 0.3 is 0 Å². The molecule has 0 amide bonds. The SMILES string of the molecule is CCCNc1cc(-c2cccc(OC3CC3)c2)ncn1. The molecule has 104 valence electrons. The summed E-state index contributed by atoms with van der Waals surface area (Å²) in [5.74, 6) is 1.79. The summed E-state index contributed by atoms with van der Waals surface area (Å²) >= 11 is 0. The van der Waals surface area contributed by atoms with E-state index in [-0.39, 0.29) is 0 Å². The van der Waals surface area contributed by atoms with Gasteiger partial charge in [-0.15, -0.1) is 0 Å². The molecule has 4 heteroatoms. The van der Waals surface area contributed by atoms with Crippen LogP contribution < -0.4 is 10.1 Å². The molecule has 20 heavy (non-hydrogen) atoms. The molecule has 3 rings (SSSR count). The van der Waals surface area contributed by atoms with Gasteiger partial charge in [-0.3, -0.25) is 0 Å². The number of aromatic nitrogens is 2. The molecule has 1 aromatic heterocycles. The lowest BCUT2D eigenvalue weighted by Crippen LogP contribution is -2.02. The van der Waals surface area contributed by atoms with Crippen LogP contribution in [-0.4, -0.2) is 22.6 Å². The highest BCUT2D eigenvalue weighted by molar-refractivity contribution is 5.63. The van der Waals surface area contributed by atoms with Gasteiger partial charge in [0, 0.05) is 18.2 Å². The minimum absolute atomic E-state index is 0.414. The first-order valence-electron chi connectivity index (χ1n) is 7.18. The van der Waals surface area contributed by atoms with Gasteiger partial charge in [0.25, 0.3) is 0 Å². The van der Waals surface area contributed by atoms with E-state index in [2.05, 4.69) is 22.2 Å². The van der Waals surface area contributed by atoms with E-state index >= 15 is 0 Å². The first-order chi connectivity index (χ1) is 9.85. The van der Waals surface area contributed by atoms with E-state index in [4.69, 9.17) is 4.74 Å². The molecule has 1 heterocycles. The van der Waals surface area contributed by atoms with Crippen molar-refractivity contribution in [1.29, 1.82) is 0 Å². The number of nitrogens with one attached hydrogen (secondary N) is 1. The van der Waals surface area contributed by atoms with Crippen LogP contribution in [-0.2, 0) is 0 Å². The van der Waals surface area contributed by atoms with E-state index in [1.54, 1.807) is 6.33 Å². The largest absolute Gasteiger partial charge is 0.490 e. The van der Waals surface area contributed by atoms with E-state index < -0.39 is 0 Å². The molecule has 4 nitrogen and oxygen atoms in total. The molecule has 2 aromatic rings. The molecule has 0 atom stereocenters. The molecular weight excluding hydrogens is 250 g/mol.